The first-order valence-corrected chi connectivity index (χ1v) is 5.32. The van der Waals surface area contributed by atoms with E-state index in [9.17, 15) is 0 Å². The van der Waals surface area contributed by atoms with Crippen LogP contribution in [-0.4, -0.2) is 0 Å². The van der Waals surface area contributed by atoms with Crippen molar-refractivity contribution < 1.29 is 0 Å². The smallest absolute Gasteiger partial charge is 0.0985 e. The third kappa shape index (κ3) is 1.35. The van der Waals surface area contributed by atoms with Gasteiger partial charge in [-0.25, -0.2) is 5.32 Å². The fourth-order valence-electron chi connectivity index (χ4n) is 1.55. The van der Waals surface area contributed by atoms with Gasteiger partial charge < -0.3 is 0 Å². The summed E-state index contributed by atoms with van der Waals surface area (Å²) in [5.41, 5.74) is 0. The van der Waals surface area contributed by atoms with Crippen molar-refractivity contribution in [3.63, 3.8) is 0 Å². The van der Waals surface area contributed by atoms with Crippen molar-refractivity contribution in [2.75, 3.05) is 0 Å². The standard InChI is InChI=1S/C12H8NS/c1-2-6-11-9(4-1)8-12(14-11)10-5-3-7-13-10/h1-8H. The first kappa shape index (κ1) is 8.45. The Balaban J connectivity index is 2.05. The number of hydrogen-bond donors (Lipinski definition) is 0. The third-order valence-corrected chi connectivity index (χ3v) is 3.37. The predicted molar refractivity (Wildman–Crippen MR) is 59.2 cm³/mol. The van der Waals surface area contributed by atoms with E-state index < -0.39 is 0 Å². The Hall–Kier alpha value is -0.860. The molecule has 1 nitrogen and oxygen atoms in total. The number of hydrogen-bond acceptors (Lipinski definition) is 1. The Labute approximate surface area is 87.8 Å². The fraction of sp³-hybridized carbons (Fsp3) is 0. The Morgan fingerprint density at radius 3 is 2.86 bits per heavy atom. The lowest BCUT2D eigenvalue weighted by Crippen LogP contribution is -2.01. The molecule has 0 amide bonds. The normalized spacial score (nSPS) is 18.0. The molecule has 1 aliphatic heterocycles. The minimum Gasteiger partial charge on any atom is -0.221 e. The molecule has 5 radical (unpaired) electrons. The summed E-state index contributed by atoms with van der Waals surface area (Å²) in [6, 6.07) is 11.7. The van der Waals surface area contributed by atoms with Crippen LogP contribution in [0, 0.1) is 25.4 Å². The van der Waals surface area contributed by atoms with Crippen LogP contribution < -0.4 is 5.32 Å². The van der Waals surface area contributed by atoms with Crippen LogP contribution in [0.5, 0.6) is 0 Å². The molecule has 67 valence electrons. The highest BCUT2D eigenvalue weighted by atomic mass is 32.1. The monoisotopic (exact) mass is 198 g/mol. The lowest BCUT2D eigenvalue weighted by Gasteiger charge is -2.01. The van der Waals surface area contributed by atoms with Crippen molar-refractivity contribution >= 4 is 21.4 Å². The van der Waals surface area contributed by atoms with Crippen molar-refractivity contribution in [1.82, 2.24) is 5.32 Å². The summed E-state index contributed by atoms with van der Waals surface area (Å²) in [5.74, 6) is 0. The fourth-order valence-corrected chi connectivity index (χ4v) is 2.59. The molecule has 1 aromatic carbocycles. The Morgan fingerprint density at radius 1 is 1.14 bits per heavy atom. The van der Waals surface area contributed by atoms with E-state index in [2.05, 4.69) is 35.6 Å². The highest BCUT2D eigenvalue weighted by molar-refractivity contribution is 7.19. The number of benzene rings is 1. The Bertz CT molecular complexity index is 407. The predicted octanol–water partition coefficient (Wildman–Crippen LogP) is 2.97. The summed E-state index contributed by atoms with van der Waals surface area (Å²) >= 11 is 1.79. The first-order valence-electron chi connectivity index (χ1n) is 4.50. The number of nitrogens with zero attached hydrogens (tertiary/aromatic N) is 1. The van der Waals surface area contributed by atoms with Crippen LogP contribution in [0.2, 0.25) is 0 Å². The van der Waals surface area contributed by atoms with Crippen molar-refractivity contribution in [1.29, 1.82) is 0 Å². The van der Waals surface area contributed by atoms with E-state index in [-0.39, 0.29) is 0 Å². The van der Waals surface area contributed by atoms with E-state index in [0.29, 0.717) is 0 Å². The summed E-state index contributed by atoms with van der Waals surface area (Å²) < 4.78 is 1.32. The maximum atomic E-state index is 4.29. The molecule has 0 spiro atoms. The van der Waals surface area contributed by atoms with Crippen LogP contribution in [0.25, 0.3) is 10.1 Å². The van der Waals surface area contributed by atoms with Crippen molar-refractivity contribution in [3.8, 4) is 0 Å². The second-order valence-corrected chi connectivity index (χ2v) is 4.25. The van der Waals surface area contributed by atoms with Crippen LogP contribution in [0.3, 0.4) is 0 Å². The van der Waals surface area contributed by atoms with E-state index in [1.54, 1.807) is 11.3 Å². The molecular weight excluding hydrogens is 190 g/mol. The zero-order valence-corrected chi connectivity index (χ0v) is 8.29. The summed E-state index contributed by atoms with van der Waals surface area (Å²) in [6.07, 6.45) is 4.02. The molecule has 1 aliphatic rings. The van der Waals surface area contributed by atoms with Crippen molar-refractivity contribution in [2.24, 2.45) is 0 Å². The largest absolute Gasteiger partial charge is 0.221 e. The third-order valence-electron chi connectivity index (χ3n) is 2.23. The molecular formula is C12H8NS. The average molecular weight is 198 g/mol. The van der Waals surface area contributed by atoms with Crippen LogP contribution in [0.15, 0.2) is 30.3 Å². The minimum atomic E-state index is 1.08. The van der Waals surface area contributed by atoms with Gasteiger partial charge in [0.15, 0.2) is 0 Å². The molecule has 0 saturated carbocycles. The van der Waals surface area contributed by atoms with Gasteiger partial charge in [-0.2, -0.15) is 0 Å². The zero-order chi connectivity index (χ0) is 9.38. The number of rotatable bonds is 1. The van der Waals surface area contributed by atoms with Crippen LogP contribution in [0.4, 0.5) is 0 Å². The van der Waals surface area contributed by atoms with Crippen LogP contribution >= 0.6 is 11.3 Å². The molecule has 2 aromatic rings. The van der Waals surface area contributed by atoms with Gasteiger partial charge in [0.05, 0.1) is 6.04 Å². The van der Waals surface area contributed by atoms with E-state index in [4.69, 9.17) is 0 Å². The van der Waals surface area contributed by atoms with E-state index in [1.807, 2.05) is 19.4 Å². The topological polar surface area (TPSA) is 14.1 Å². The summed E-state index contributed by atoms with van der Waals surface area (Å²) in [4.78, 5) is 1.25. The van der Waals surface area contributed by atoms with Crippen molar-refractivity contribution in [2.45, 2.75) is 0 Å². The summed E-state index contributed by atoms with van der Waals surface area (Å²) in [6.45, 7) is 1.83. The van der Waals surface area contributed by atoms with Gasteiger partial charge in [-0.1, -0.05) is 18.2 Å². The number of fused-ring (bicyclic) bond motifs is 1. The molecule has 1 saturated heterocycles. The zero-order valence-electron chi connectivity index (χ0n) is 7.47. The second-order valence-electron chi connectivity index (χ2n) is 3.17. The second kappa shape index (κ2) is 3.37. The van der Waals surface area contributed by atoms with Gasteiger partial charge in [-0.3, -0.25) is 0 Å². The highest BCUT2D eigenvalue weighted by Crippen LogP contribution is 2.33. The first-order chi connectivity index (χ1) is 6.93. The molecule has 2 heterocycles. The molecule has 0 aliphatic carbocycles. The maximum Gasteiger partial charge on any atom is 0.0985 e. The van der Waals surface area contributed by atoms with E-state index >= 15 is 0 Å². The van der Waals surface area contributed by atoms with Gasteiger partial charge in [0.25, 0.3) is 0 Å². The minimum absolute atomic E-state index is 1.08. The molecule has 2 heteroatoms. The molecule has 0 atom stereocenters. The summed E-state index contributed by atoms with van der Waals surface area (Å²) in [5, 5.41) is 5.59. The Kier molecular flexibility index (Phi) is 2.03. The van der Waals surface area contributed by atoms with Gasteiger partial charge in [0.1, 0.15) is 0 Å². The lowest BCUT2D eigenvalue weighted by atomic mass is 10.2. The quantitative estimate of drug-likeness (QED) is 0.669. The van der Waals surface area contributed by atoms with Crippen molar-refractivity contribution in [3.05, 3.63) is 60.6 Å². The maximum absolute atomic E-state index is 4.29. The van der Waals surface area contributed by atoms with E-state index in [1.165, 1.54) is 15.0 Å². The number of thiophene rings is 1. The Morgan fingerprint density at radius 2 is 2.07 bits per heavy atom. The van der Waals surface area contributed by atoms with Crippen LogP contribution in [-0.2, 0) is 0 Å². The van der Waals surface area contributed by atoms with E-state index in [0.717, 1.165) is 6.04 Å². The van der Waals surface area contributed by atoms with Crippen LogP contribution in [0.1, 0.15) is 4.88 Å². The van der Waals surface area contributed by atoms with Gasteiger partial charge in [0.2, 0.25) is 0 Å². The molecule has 14 heavy (non-hydrogen) atoms. The average Bonchev–Trinajstić information content (AvgIpc) is 2.86. The lowest BCUT2D eigenvalue weighted by molar-refractivity contribution is 0.959. The summed E-state index contributed by atoms with van der Waals surface area (Å²) in [7, 11) is 0. The molecule has 3 rings (SSSR count). The molecule has 1 fully saturated rings. The van der Waals surface area contributed by atoms with Gasteiger partial charge in [-0.05, 0) is 30.4 Å². The molecule has 0 unspecified atom stereocenters. The highest BCUT2D eigenvalue weighted by Gasteiger charge is 2.21. The molecule has 0 bridgehead atoms. The van der Waals surface area contributed by atoms with Gasteiger partial charge in [-0.15, -0.1) is 11.3 Å². The SMILES string of the molecule is [CH]1[CH][N][C](c2cc3ccccc3s2)[CH]1. The molecule has 0 N–H and O–H groups in total. The van der Waals surface area contributed by atoms with Gasteiger partial charge >= 0.3 is 0 Å². The molecule has 1 aromatic heterocycles. The van der Waals surface area contributed by atoms with Gasteiger partial charge in [0, 0.05) is 16.1 Å².